The van der Waals surface area contributed by atoms with Crippen LogP contribution in [-0.4, -0.2) is 65.9 Å². The Labute approximate surface area is 174 Å². The van der Waals surface area contributed by atoms with Crippen molar-refractivity contribution in [1.29, 1.82) is 0 Å². The van der Waals surface area contributed by atoms with Crippen molar-refractivity contribution in [2.24, 2.45) is 0 Å². The Hall–Kier alpha value is -2.90. The molecule has 3 aromatic rings. The maximum Gasteiger partial charge on any atom is 0.413 e. The zero-order valence-corrected chi connectivity index (χ0v) is 16.3. The number of imidazole rings is 1. The van der Waals surface area contributed by atoms with Gasteiger partial charge in [0.2, 0.25) is 0 Å². The summed E-state index contributed by atoms with van der Waals surface area (Å²) in [6, 6.07) is 9.19. The number of carbonyl (C=O) groups is 1. The molecule has 30 heavy (non-hydrogen) atoms. The standard InChI is InChI=1S/C18H19N5O6S/c24-6-10-12(25)13(26)16(29-10)23-8-19-11-14(20-17(30)22-15(11)23)21-18(27)28-7-9-4-2-1-3-5-9/h1-5,8,10,12-13,16,24-26H,6-7H2,(H2,20,21,22,27,30)/t10-,12-,13-,16-/m1/s1. The number of H-pyrrole nitrogens is 1. The van der Waals surface area contributed by atoms with Crippen molar-refractivity contribution in [2.45, 2.75) is 31.1 Å². The van der Waals surface area contributed by atoms with E-state index < -0.39 is 37.2 Å². The number of nitrogens with zero attached hydrogens (tertiary/aromatic N) is 3. The summed E-state index contributed by atoms with van der Waals surface area (Å²) in [5.41, 5.74) is 1.29. The van der Waals surface area contributed by atoms with E-state index in [1.54, 1.807) is 0 Å². The minimum Gasteiger partial charge on any atom is -0.444 e. The fourth-order valence-electron chi connectivity index (χ4n) is 3.18. The Morgan fingerprint density at radius 2 is 2.07 bits per heavy atom. The highest BCUT2D eigenvalue weighted by atomic mass is 32.1. The number of ether oxygens (including phenoxy) is 2. The van der Waals surface area contributed by atoms with Crippen molar-refractivity contribution >= 4 is 35.3 Å². The molecule has 3 heterocycles. The number of aromatic amines is 1. The van der Waals surface area contributed by atoms with Crippen molar-refractivity contribution in [3.63, 3.8) is 0 Å². The molecule has 0 unspecified atom stereocenters. The predicted molar refractivity (Wildman–Crippen MR) is 106 cm³/mol. The van der Waals surface area contributed by atoms with E-state index in [0.29, 0.717) is 0 Å². The van der Waals surface area contributed by atoms with Crippen molar-refractivity contribution in [2.75, 3.05) is 11.9 Å². The summed E-state index contributed by atoms with van der Waals surface area (Å²) < 4.78 is 12.1. The average molecular weight is 433 g/mol. The number of fused-ring (bicyclic) bond motifs is 1. The van der Waals surface area contributed by atoms with Gasteiger partial charge in [-0.05, 0) is 17.8 Å². The summed E-state index contributed by atoms with van der Waals surface area (Å²) in [5, 5.41) is 32.1. The Kier molecular flexibility index (Phi) is 5.74. The first kappa shape index (κ1) is 20.4. The number of nitrogens with one attached hydrogen (secondary N) is 2. The molecule has 0 bridgehead atoms. The van der Waals surface area contributed by atoms with Crippen LogP contribution in [0.2, 0.25) is 0 Å². The Morgan fingerprint density at radius 1 is 1.30 bits per heavy atom. The van der Waals surface area contributed by atoms with Gasteiger partial charge in [0.25, 0.3) is 0 Å². The summed E-state index contributed by atoms with van der Waals surface area (Å²) in [5.74, 6) is 0.161. The molecule has 0 saturated carbocycles. The van der Waals surface area contributed by atoms with Crippen LogP contribution >= 0.6 is 12.2 Å². The molecule has 4 rings (SSSR count). The molecule has 1 saturated heterocycles. The fourth-order valence-corrected chi connectivity index (χ4v) is 3.37. The van der Waals surface area contributed by atoms with Gasteiger partial charge in [0.05, 0.1) is 12.9 Å². The molecule has 12 heteroatoms. The summed E-state index contributed by atoms with van der Waals surface area (Å²) in [4.78, 5) is 23.3. The Bertz CT molecular complexity index is 1100. The first-order valence-corrected chi connectivity index (χ1v) is 9.45. The summed E-state index contributed by atoms with van der Waals surface area (Å²) in [6.07, 6.45) is -3.97. The molecule has 5 N–H and O–H groups in total. The third-order valence-corrected chi connectivity index (χ3v) is 4.87. The molecule has 11 nitrogen and oxygen atoms in total. The predicted octanol–water partition coefficient (Wildman–Crippen LogP) is 0.849. The number of aliphatic hydroxyl groups is 3. The zero-order chi connectivity index (χ0) is 21.3. The largest absolute Gasteiger partial charge is 0.444 e. The van der Waals surface area contributed by atoms with Gasteiger partial charge < -0.3 is 29.8 Å². The molecule has 1 amide bonds. The van der Waals surface area contributed by atoms with Gasteiger partial charge in [-0.2, -0.15) is 4.98 Å². The fraction of sp³-hybridized carbons (Fsp3) is 0.333. The number of hydrogen-bond acceptors (Lipinski definition) is 9. The third-order valence-electron chi connectivity index (χ3n) is 4.67. The molecule has 158 valence electrons. The minimum atomic E-state index is -1.31. The van der Waals surface area contributed by atoms with Crippen molar-refractivity contribution in [3.05, 3.63) is 47.0 Å². The molecule has 4 atom stereocenters. The highest BCUT2D eigenvalue weighted by molar-refractivity contribution is 7.71. The number of anilines is 1. The number of carbonyl (C=O) groups excluding carboxylic acids is 1. The van der Waals surface area contributed by atoms with Gasteiger partial charge in [0.1, 0.15) is 36.3 Å². The van der Waals surface area contributed by atoms with E-state index in [-0.39, 0.29) is 28.4 Å². The van der Waals surface area contributed by atoms with Crippen molar-refractivity contribution in [3.8, 4) is 0 Å². The van der Waals surface area contributed by atoms with E-state index >= 15 is 0 Å². The number of benzene rings is 1. The van der Waals surface area contributed by atoms with Crippen molar-refractivity contribution < 1.29 is 29.6 Å². The third kappa shape index (κ3) is 3.91. The van der Waals surface area contributed by atoms with Gasteiger partial charge in [-0.25, -0.2) is 9.78 Å². The molecule has 1 fully saturated rings. The van der Waals surface area contributed by atoms with E-state index in [1.165, 1.54) is 10.9 Å². The Morgan fingerprint density at radius 3 is 2.77 bits per heavy atom. The first-order valence-electron chi connectivity index (χ1n) is 9.05. The van der Waals surface area contributed by atoms with Crippen LogP contribution in [0.5, 0.6) is 0 Å². The van der Waals surface area contributed by atoms with Crippen LogP contribution in [0.25, 0.3) is 11.2 Å². The minimum absolute atomic E-state index is 0.0503. The molecule has 0 radical (unpaired) electrons. The van der Waals surface area contributed by atoms with Crippen LogP contribution in [0.4, 0.5) is 10.6 Å². The molecule has 0 spiro atoms. The van der Waals surface area contributed by atoms with Gasteiger partial charge in [0.15, 0.2) is 16.6 Å². The summed E-state index contributed by atoms with van der Waals surface area (Å²) >= 11 is 5.13. The van der Waals surface area contributed by atoms with E-state index in [4.69, 9.17) is 21.7 Å². The lowest BCUT2D eigenvalue weighted by atomic mass is 10.1. The smallest absolute Gasteiger partial charge is 0.413 e. The highest BCUT2D eigenvalue weighted by Gasteiger charge is 2.44. The zero-order valence-electron chi connectivity index (χ0n) is 15.5. The molecule has 1 aromatic carbocycles. The quantitative estimate of drug-likeness (QED) is 0.368. The molecular formula is C18H19N5O6S. The number of rotatable bonds is 5. The van der Waals surface area contributed by atoms with Gasteiger partial charge in [0, 0.05) is 0 Å². The number of aliphatic hydroxyl groups excluding tert-OH is 3. The topological polar surface area (TPSA) is 155 Å². The lowest BCUT2D eigenvalue weighted by molar-refractivity contribution is -0.0511. The van der Waals surface area contributed by atoms with Crippen LogP contribution < -0.4 is 5.32 Å². The maximum atomic E-state index is 12.2. The Balaban J connectivity index is 1.57. The monoisotopic (exact) mass is 433 g/mol. The number of amides is 1. The summed E-state index contributed by atoms with van der Waals surface area (Å²) in [7, 11) is 0. The second kappa shape index (κ2) is 8.45. The summed E-state index contributed by atoms with van der Waals surface area (Å²) in [6.45, 7) is -0.381. The van der Waals surface area contributed by atoms with Crippen LogP contribution in [0.15, 0.2) is 36.7 Å². The molecule has 0 aliphatic carbocycles. The van der Waals surface area contributed by atoms with Gasteiger partial charge in [-0.15, -0.1) is 0 Å². The maximum absolute atomic E-state index is 12.2. The second-order valence-corrected chi connectivity index (χ2v) is 7.04. The molecule has 1 aliphatic heterocycles. The van der Waals surface area contributed by atoms with Crippen LogP contribution in [0.1, 0.15) is 11.8 Å². The van der Waals surface area contributed by atoms with Crippen LogP contribution in [0.3, 0.4) is 0 Å². The number of aromatic nitrogens is 4. The second-order valence-electron chi connectivity index (χ2n) is 6.66. The van der Waals surface area contributed by atoms with E-state index in [2.05, 4.69) is 20.3 Å². The van der Waals surface area contributed by atoms with Gasteiger partial charge in [-0.3, -0.25) is 9.88 Å². The molecular weight excluding hydrogens is 414 g/mol. The van der Waals surface area contributed by atoms with Crippen molar-refractivity contribution in [1.82, 2.24) is 19.5 Å². The van der Waals surface area contributed by atoms with Crippen LogP contribution in [-0.2, 0) is 16.1 Å². The molecule has 2 aromatic heterocycles. The van der Waals surface area contributed by atoms with E-state index in [9.17, 15) is 20.1 Å². The highest BCUT2D eigenvalue weighted by Crippen LogP contribution is 2.32. The SMILES string of the molecule is O=C(Nc1[nH]c(=S)nc2c1ncn2[C@@H]1O[C@H](CO)[C@@H](O)[C@H]1O)OCc1ccccc1. The van der Waals surface area contributed by atoms with Gasteiger partial charge in [-0.1, -0.05) is 30.3 Å². The normalized spacial score (nSPS) is 23.6. The lowest BCUT2D eigenvalue weighted by Gasteiger charge is -2.16. The average Bonchev–Trinajstić information content (AvgIpc) is 3.28. The van der Waals surface area contributed by atoms with E-state index in [1.807, 2.05) is 30.3 Å². The van der Waals surface area contributed by atoms with Crippen LogP contribution in [0, 0.1) is 4.77 Å². The van der Waals surface area contributed by atoms with Gasteiger partial charge >= 0.3 is 6.09 Å². The molecule has 1 aliphatic rings. The van der Waals surface area contributed by atoms with E-state index in [0.717, 1.165) is 5.56 Å². The lowest BCUT2D eigenvalue weighted by Crippen LogP contribution is -2.33. The first-order chi connectivity index (χ1) is 14.5. The number of hydrogen-bond donors (Lipinski definition) is 5.